The SMILES string of the molecule is CCC(CC)C(O)CNC(C)c1ccccc1OC(F)F. The quantitative estimate of drug-likeness (QED) is 0.730. The van der Waals surface area contributed by atoms with Crippen molar-refractivity contribution < 1.29 is 18.6 Å². The van der Waals surface area contributed by atoms with E-state index in [0.29, 0.717) is 12.1 Å². The number of hydrogen-bond acceptors (Lipinski definition) is 3. The second-order valence-corrected chi connectivity index (χ2v) is 5.19. The lowest BCUT2D eigenvalue weighted by molar-refractivity contribution is -0.0507. The first-order valence-corrected chi connectivity index (χ1v) is 7.44. The Morgan fingerprint density at radius 3 is 2.38 bits per heavy atom. The molecule has 21 heavy (non-hydrogen) atoms. The molecule has 0 aliphatic rings. The Balaban J connectivity index is 2.65. The highest BCUT2D eigenvalue weighted by Crippen LogP contribution is 2.26. The topological polar surface area (TPSA) is 41.5 Å². The van der Waals surface area contributed by atoms with Crippen molar-refractivity contribution in [3.05, 3.63) is 29.8 Å². The molecule has 2 unspecified atom stereocenters. The molecule has 0 heterocycles. The maximum Gasteiger partial charge on any atom is 0.387 e. The molecule has 0 aromatic heterocycles. The maximum atomic E-state index is 12.4. The van der Waals surface area contributed by atoms with Crippen LogP contribution >= 0.6 is 0 Å². The van der Waals surface area contributed by atoms with Gasteiger partial charge in [-0.1, -0.05) is 44.9 Å². The predicted octanol–water partition coefficient (Wildman–Crippen LogP) is 3.74. The fraction of sp³-hybridized carbons (Fsp3) is 0.625. The van der Waals surface area contributed by atoms with Crippen molar-refractivity contribution in [1.29, 1.82) is 0 Å². The monoisotopic (exact) mass is 301 g/mol. The summed E-state index contributed by atoms with van der Waals surface area (Å²) in [7, 11) is 0. The molecule has 1 rings (SSSR count). The van der Waals surface area contributed by atoms with Gasteiger partial charge in [0, 0.05) is 18.2 Å². The average Bonchev–Trinajstić information content (AvgIpc) is 2.46. The third kappa shape index (κ3) is 5.59. The summed E-state index contributed by atoms with van der Waals surface area (Å²) in [6, 6.07) is 6.54. The number of aliphatic hydroxyl groups is 1. The van der Waals surface area contributed by atoms with E-state index in [2.05, 4.69) is 10.1 Å². The van der Waals surface area contributed by atoms with E-state index in [1.807, 2.05) is 20.8 Å². The summed E-state index contributed by atoms with van der Waals surface area (Å²) in [6.07, 6.45) is 1.39. The smallest absolute Gasteiger partial charge is 0.387 e. The van der Waals surface area contributed by atoms with Crippen LogP contribution in [0.15, 0.2) is 24.3 Å². The molecular formula is C16H25F2NO2. The number of alkyl halides is 2. The number of nitrogens with one attached hydrogen (secondary N) is 1. The highest BCUT2D eigenvalue weighted by molar-refractivity contribution is 5.35. The minimum Gasteiger partial charge on any atom is -0.434 e. The van der Waals surface area contributed by atoms with Crippen LogP contribution in [0.4, 0.5) is 8.78 Å². The molecule has 0 spiro atoms. The van der Waals surface area contributed by atoms with E-state index in [-0.39, 0.29) is 17.7 Å². The van der Waals surface area contributed by atoms with Crippen LogP contribution in [0.5, 0.6) is 5.75 Å². The first-order chi connectivity index (χ1) is 9.99. The summed E-state index contributed by atoms with van der Waals surface area (Å²) in [5, 5.41) is 13.3. The predicted molar refractivity (Wildman–Crippen MR) is 79.6 cm³/mol. The van der Waals surface area contributed by atoms with Gasteiger partial charge in [0.2, 0.25) is 0 Å². The number of para-hydroxylation sites is 1. The van der Waals surface area contributed by atoms with Gasteiger partial charge in [0.05, 0.1) is 6.10 Å². The van der Waals surface area contributed by atoms with Crippen LogP contribution in [0.3, 0.4) is 0 Å². The molecule has 0 saturated carbocycles. The van der Waals surface area contributed by atoms with E-state index in [4.69, 9.17) is 0 Å². The van der Waals surface area contributed by atoms with E-state index in [0.717, 1.165) is 12.8 Å². The van der Waals surface area contributed by atoms with E-state index in [1.54, 1.807) is 18.2 Å². The molecule has 0 aliphatic heterocycles. The molecule has 120 valence electrons. The van der Waals surface area contributed by atoms with Gasteiger partial charge < -0.3 is 15.2 Å². The summed E-state index contributed by atoms with van der Waals surface area (Å²) in [5.41, 5.74) is 0.662. The zero-order chi connectivity index (χ0) is 15.8. The normalized spacial score (nSPS) is 14.5. The molecule has 3 nitrogen and oxygen atoms in total. The highest BCUT2D eigenvalue weighted by Gasteiger charge is 2.18. The number of ether oxygens (including phenoxy) is 1. The van der Waals surface area contributed by atoms with Gasteiger partial charge in [-0.15, -0.1) is 0 Å². The number of rotatable bonds is 9. The molecule has 0 radical (unpaired) electrons. The van der Waals surface area contributed by atoms with Crippen LogP contribution in [0, 0.1) is 5.92 Å². The van der Waals surface area contributed by atoms with Crippen LogP contribution < -0.4 is 10.1 Å². The van der Waals surface area contributed by atoms with Gasteiger partial charge in [0.15, 0.2) is 0 Å². The lowest BCUT2D eigenvalue weighted by atomic mass is 9.96. The molecule has 1 aromatic carbocycles. The van der Waals surface area contributed by atoms with E-state index in [1.165, 1.54) is 6.07 Å². The minimum atomic E-state index is -2.84. The van der Waals surface area contributed by atoms with Crippen molar-refractivity contribution in [2.45, 2.75) is 52.4 Å². The van der Waals surface area contributed by atoms with Crippen molar-refractivity contribution in [1.82, 2.24) is 5.32 Å². The average molecular weight is 301 g/mol. The number of halogens is 2. The van der Waals surface area contributed by atoms with Crippen LogP contribution in [0.1, 0.15) is 45.2 Å². The second kappa shape index (κ2) is 8.95. The number of benzene rings is 1. The number of aliphatic hydroxyl groups excluding tert-OH is 1. The van der Waals surface area contributed by atoms with Crippen molar-refractivity contribution in [2.75, 3.05) is 6.54 Å². The molecule has 0 saturated heterocycles. The van der Waals surface area contributed by atoms with Gasteiger partial charge in [-0.05, 0) is 18.9 Å². The van der Waals surface area contributed by atoms with Crippen LogP contribution in [-0.4, -0.2) is 24.4 Å². The zero-order valence-corrected chi connectivity index (χ0v) is 12.9. The summed E-state index contributed by atoms with van der Waals surface area (Å²) < 4.78 is 29.3. The Labute approximate surface area is 125 Å². The fourth-order valence-corrected chi connectivity index (χ4v) is 2.45. The van der Waals surface area contributed by atoms with E-state index >= 15 is 0 Å². The first kappa shape index (κ1) is 17.9. The molecule has 0 aliphatic carbocycles. The summed E-state index contributed by atoms with van der Waals surface area (Å²) in [5.74, 6) is 0.418. The fourth-order valence-electron chi connectivity index (χ4n) is 2.45. The van der Waals surface area contributed by atoms with E-state index in [9.17, 15) is 13.9 Å². The Morgan fingerprint density at radius 2 is 1.81 bits per heavy atom. The molecule has 2 atom stereocenters. The Bertz CT molecular complexity index is 411. The van der Waals surface area contributed by atoms with Crippen molar-refractivity contribution in [3.63, 3.8) is 0 Å². The third-order valence-corrected chi connectivity index (χ3v) is 3.83. The molecule has 1 aromatic rings. The Morgan fingerprint density at radius 1 is 1.19 bits per heavy atom. The Kier molecular flexibility index (Phi) is 7.61. The van der Waals surface area contributed by atoms with Crippen LogP contribution in [-0.2, 0) is 0 Å². The molecule has 0 amide bonds. The van der Waals surface area contributed by atoms with Crippen molar-refractivity contribution in [2.24, 2.45) is 5.92 Å². The zero-order valence-electron chi connectivity index (χ0n) is 12.9. The molecule has 0 bridgehead atoms. The van der Waals surface area contributed by atoms with Crippen LogP contribution in [0.25, 0.3) is 0 Å². The molecule has 0 fully saturated rings. The van der Waals surface area contributed by atoms with Gasteiger partial charge in [-0.25, -0.2) is 0 Å². The van der Waals surface area contributed by atoms with Crippen LogP contribution in [0.2, 0.25) is 0 Å². The molecule has 2 N–H and O–H groups in total. The first-order valence-electron chi connectivity index (χ1n) is 7.44. The van der Waals surface area contributed by atoms with Gasteiger partial charge in [-0.3, -0.25) is 0 Å². The number of hydrogen-bond donors (Lipinski definition) is 2. The highest BCUT2D eigenvalue weighted by atomic mass is 19.3. The molecular weight excluding hydrogens is 276 g/mol. The van der Waals surface area contributed by atoms with Crippen molar-refractivity contribution in [3.8, 4) is 5.75 Å². The van der Waals surface area contributed by atoms with Gasteiger partial charge in [0.25, 0.3) is 0 Å². The van der Waals surface area contributed by atoms with Gasteiger partial charge in [-0.2, -0.15) is 8.78 Å². The van der Waals surface area contributed by atoms with Gasteiger partial charge in [0.1, 0.15) is 5.75 Å². The minimum absolute atomic E-state index is 0.171. The standard InChI is InChI=1S/C16H25F2NO2/c1-4-12(5-2)14(20)10-19-11(3)13-8-6-7-9-15(13)21-16(17)18/h6-9,11-12,14,16,19-20H,4-5,10H2,1-3H3. The maximum absolute atomic E-state index is 12.4. The summed E-state index contributed by atoms with van der Waals surface area (Å²) in [4.78, 5) is 0. The van der Waals surface area contributed by atoms with E-state index < -0.39 is 12.7 Å². The lowest BCUT2D eigenvalue weighted by Crippen LogP contribution is -2.34. The second-order valence-electron chi connectivity index (χ2n) is 5.19. The van der Waals surface area contributed by atoms with Crippen molar-refractivity contribution >= 4 is 0 Å². The Hall–Kier alpha value is -1.20. The lowest BCUT2D eigenvalue weighted by Gasteiger charge is -2.24. The largest absolute Gasteiger partial charge is 0.434 e. The summed E-state index contributed by atoms with van der Waals surface area (Å²) >= 11 is 0. The van der Waals surface area contributed by atoms with Gasteiger partial charge >= 0.3 is 6.61 Å². The third-order valence-electron chi connectivity index (χ3n) is 3.83. The molecule has 5 heteroatoms. The summed E-state index contributed by atoms with van der Waals surface area (Å²) in [6.45, 7) is 3.55.